The number of benzene rings is 3. The van der Waals surface area contributed by atoms with Crippen molar-refractivity contribution in [3.05, 3.63) is 102 Å². The van der Waals surface area contributed by atoms with Gasteiger partial charge in [-0.25, -0.2) is 8.91 Å². The first-order valence-corrected chi connectivity index (χ1v) is 15.7. The molecule has 6 rings (SSSR count). The number of ketones is 1. The third-order valence-electron chi connectivity index (χ3n) is 7.72. The minimum atomic E-state index is -0.299. The molecule has 3 heterocycles. The molecular weight excluding hydrogens is 561 g/mol. The fraction of sp³-hybridized carbons (Fsp3) is 0.265. The molecule has 5 aromatic rings. The van der Waals surface area contributed by atoms with Gasteiger partial charge in [-0.15, -0.1) is 16.9 Å². The zero-order valence-electron chi connectivity index (χ0n) is 24.3. The molecule has 0 unspecified atom stereocenters. The number of piperidine rings is 1. The summed E-state index contributed by atoms with van der Waals surface area (Å²) in [5.74, 6) is 1.20. The van der Waals surface area contributed by atoms with Crippen LogP contribution < -0.4 is 10.1 Å². The van der Waals surface area contributed by atoms with Crippen LogP contribution in [-0.2, 0) is 17.6 Å². The molecule has 220 valence electrons. The predicted octanol–water partition coefficient (Wildman–Crippen LogP) is 6.83. The number of nitrogens with zero attached hydrogens (tertiary/aromatic N) is 4. The van der Waals surface area contributed by atoms with E-state index >= 15 is 0 Å². The number of hydrogen-bond donors (Lipinski definition) is 1. The van der Waals surface area contributed by atoms with Crippen molar-refractivity contribution in [2.75, 3.05) is 31.7 Å². The normalized spacial score (nSPS) is 14.2. The van der Waals surface area contributed by atoms with Gasteiger partial charge in [0, 0.05) is 42.6 Å². The summed E-state index contributed by atoms with van der Waals surface area (Å²) in [5.41, 5.74) is 5.44. The van der Waals surface area contributed by atoms with E-state index in [0.717, 1.165) is 70.2 Å². The highest BCUT2D eigenvalue weighted by Crippen LogP contribution is 2.32. The molecule has 2 aromatic heterocycles. The Labute approximate surface area is 255 Å². The standard InChI is InChI=1S/C34H34FN5O2S/c1-39-17-15-29(16-18-39)42-30-12-13-31(32(21-30)43-2)36-34-37-33-14-9-26(22-40(33)38-34)25-7-3-23(4-8-25)19-28(41)20-24-5-10-27(35)11-6-24/h3-14,21-22,29H,15-20H2,1-2H3,(H,36,38). The maximum atomic E-state index is 13.1. The van der Waals surface area contributed by atoms with E-state index in [-0.39, 0.29) is 24.1 Å². The fourth-order valence-corrected chi connectivity index (χ4v) is 5.88. The van der Waals surface area contributed by atoms with Gasteiger partial charge in [-0.2, -0.15) is 4.98 Å². The van der Waals surface area contributed by atoms with Gasteiger partial charge in [0.2, 0.25) is 5.95 Å². The average molecular weight is 596 g/mol. The van der Waals surface area contributed by atoms with Crippen LogP contribution in [0, 0.1) is 5.82 Å². The van der Waals surface area contributed by atoms with E-state index in [0.29, 0.717) is 12.4 Å². The molecule has 0 amide bonds. The van der Waals surface area contributed by atoms with E-state index in [1.54, 1.807) is 28.4 Å². The Morgan fingerprint density at radius 2 is 1.63 bits per heavy atom. The maximum Gasteiger partial charge on any atom is 0.247 e. The Bertz CT molecular complexity index is 1710. The number of anilines is 2. The molecule has 1 aliphatic heterocycles. The van der Waals surface area contributed by atoms with Gasteiger partial charge in [-0.05, 0) is 85.3 Å². The van der Waals surface area contributed by atoms with Crippen LogP contribution in [0.3, 0.4) is 0 Å². The number of pyridine rings is 1. The molecule has 0 radical (unpaired) electrons. The van der Waals surface area contributed by atoms with Gasteiger partial charge in [0.05, 0.1) is 5.69 Å². The second kappa shape index (κ2) is 13.0. The fourth-order valence-electron chi connectivity index (χ4n) is 5.31. The van der Waals surface area contributed by atoms with E-state index in [1.807, 2.05) is 54.7 Å². The molecule has 0 bridgehead atoms. The largest absolute Gasteiger partial charge is 0.490 e. The van der Waals surface area contributed by atoms with Crippen molar-refractivity contribution in [1.29, 1.82) is 0 Å². The molecule has 3 aromatic carbocycles. The third-order valence-corrected chi connectivity index (χ3v) is 8.50. The van der Waals surface area contributed by atoms with Crippen LogP contribution in [0.25, 0.3) is 16.8 Å². The molecule has 9 heteroatoms. The summed E-state index contributed by atoms with van der Waals surface area (Å²) in [6, 6.07) is 24.1. The average Bonchev–Trinajstić information content (AvgIpc) is 3.42. The highest BCUT2D eigenvalue weighted by molar-refractivity contribution is 7.98. The molecule has 0 spiro atoms. The van der Waals surface area contributed by atoms with Gasteiger partial charge in [0.1, 0.15) is 23.5 Å². The van der Waals surface area contributed by atoms with Crippen LogP contribution in [0.4, 0.5) is 16.0 Å². The van der Waals surface area contributed by atoms with Crippen molar-refractivity contribution in [3.8, 4) is 16.9 Å². The van der Waals surface area contributed by atoms with Crippen molar-refractivity contribution in [1.82, 2.24) is 19.5 Å². The summed E-state index contributed by atoms with van der Waals surface area (Å²) in [4.78, 5) is 20.6. The lowest BCUT2D eigenvalue weighted by Crippen LogP contribution is -2.35. The van der Waals surface area contributed by atoms with Crippen LogP contribution in [-0.4, -0.2) is 57.8 Å². The summed E-state index contributed by atoms with van der Waals surface area (Å²) < 4.78 is 21.2. The lowest BCUT2D eigenvalue weighted by atomic mass is 10.0. The Balaban J connectivity index is 1.10. The van der Waals surface area contributed by atoms with Crippen LogP contribution in [0.2, 0.25) is 0 Å². The number of aromatic nitrogens is 3. The number of Topliss-reactive ketones (excluding diaryl/α,β-unsaturated/α-hetero) is 1. The minimum absolute atomic E-state index is 0.0903. The number of carbonyl (C=O) groups excluding carboxylic acids is 1. The molecule has 0 saturated carbocycles. The molecule has 1 N–H and O–H groups in total. The number of nitrogens with one attached hydrogen (secondary N) is 1. The number of likely N-dealkylation sites (tertiary alicyclic amines) is 1. The number of carbonyl (C=O) groups is 1. The number of halogens is 1. The molecule has 0 atom stereocenters. The van der Waals surface area contributed by atoms with Crippen LogP contribution in [0.15, 0.2) is 90.0 Å². The van der Waals surface area contributed by atoms with Gasteiger partial charge in [-0.1, -0.05) is 36.4 Å². The zero-order chi connectivity index (χ0) is 29.8. The van der Waals surface area contributed by atoms with E-state index < -0.39 is 0 Å². The lowest BCUT2D eigenvalue weighted by molar-refractivity contribution is -0.117. The molecule has 43 heavy (non-hydrogen) atoms. The zero-order valence-corrected chi connectivity index (χ0v) is 25.1. The van der Waals surface area contributed by atoms with Gasteiger partial charge in [-0.3, -0.25) is 4.79 Å². The maximum absolute atomic E-state index is 13.1. The van der Waals surface area contributed by atoms with Crippen LogP contribution in [0.1, 0.15) is 24.0 Å². The van der Waals surface area contributed by atoms with E-state index in [4.69, 9.17) is 4.74 Å². The first-order chi connectivity index (χ1) is 20.9. The highest BCUT2D eigenvalue weighted by Gasteiger charge is 2.19. The van der Waals surface area contributed by atoms with Crippen molar-refractivity contribution >= 4 is 34.8 Å². The number of fused-ring (bicyclic) bond motifs is 1. The van der Waals surface area contributed by atoms with Crippen molar-refractivity contribution in [2.24, 2.45) is 0 Å². The molecule has 1 fully saturated rings. The molecular formula is C34H34FN5O2S. The van der Waals surface area contributed by atoms with Gasteiger partial charge < -0.3 is 15.0 Å². The summed E-state index contributed by atoms with van der Waals surface area (Å²) in [6.07, 6.45) is 6.97. The second-order valence-electron chi connectivity index (χ2n) is 11.0. The topological polar surface area (TPSA) is 71.8 Å². The molecule has 7 nitrogen and oxygen atoms in total. The molecule has 1 saturated heterocycles. The van der Waals surface area contributed by atoms with E-state index in [1.165, 1.54) is 12.1 Å². The molecule has 1 aliphatic rings. The SMILES string of the molecule is CSc1cc(OC2CCN(C)CC2)ccc1Nc1nc2ccc(-c3ccc(CC(=O)Cc4ccc(F)cc4)cc3)cn2n1. The minimum Gasteiger partial charge on any atom is -0.490 e. The monoisotopic (exact) mass is 595 g/mol. The lowest BCUT2D eigenvalue weighted by Gasteiger charge is -2.29. The summed E-state index contributed by atoms with van der Waals surface area (Å²) in [6.45, 7) is 2.13. The number of hydrogen-bond acceptors (Lipinski definition) is 7. The van der Waals surface area contributed by atoms with Crippen LogP contribution >= 0.6 is 11.8 Å². The third kappa shape index (κ3) is 7.24. The van der Waals surface area contributed by atoms with Gasteiger partial charge >= 0.3 is 0 Å². The van der Waals surface area contributed by atoms with Crippen molar-refractivity contribution in [2.45, 2.75) is 36.7 Å². The highest BCUT2D eigenvalue weighted by atomic mass is 32.2. The summed E-state index contributed by atoms with van der Waals surface area (Å²) in [7, 11) is 2.15. The summed E-state index contributed by atoms with van der Waals surface area (Å²) in [5, 5.41) is 8.05. The first kappa shape index (κ1) is 28.9. The van der Waals surface area contributed by atoms with Gasteiger partial charge in [0.15, 0.2) is 5.65 Å². The number of rotatable bonds is 10. The van der Waals surface area contributed by atoms with E-state index in [9.17, 15) is 9.18 Å². The number of ether oxygens (including phenoxy) is 1. The van der Waals surface area contributed by atoms with E-state index in [2.05, 4.69) is 39.7 Å². The Hall–Kier alpha value is -4.21. The Morgan fingerprint density at radius 1 is 0.953 bits per heavy atom. The second-order valence-corrected chi connectivity index (χ2v) is 11.8. The quantitative estimate of drug-likeness (QED) is 0.178. The van der Waals surface area contributed by atoms with Gasteiger partial charge in [0.25, 0.3) is 0 Å². The predicted molar refractivity (Wildman–Crippen MR) is 170 cm³/mol. The Kier molecular flexibility index (Phi) is 8.72. The van der Waals surface area contributed by atoms with Crippen molar-refractivity contribution in [3.63, 3.8) is 0 Å². The smallest absolute Gasteiger partial charge is 0.247 e. The first-order valence-electron chi connectivity index (χ1n) is 14.4. The Morgan fingerprint density at radius 3 is 2.33 bits per heavy atom. The number of thioether (sulfide) groups is 1. The summed E-state index contributed by atoms with van der Waals surface area (Å²) >= 11 is 1.66. The molecule has 0 aliphatic carbocycles. The van der Waals surface area contributed by atoms with Crippen molar-refractivity contribution < 1.29 is 13.9 Å². The van der Waals surface area contributed by atoms with Crippen LogP contribution in [0.5, 0.6) is 5.75 Å².